The standard InChI is InChI=1S/C18H18ClNO3Se/c1-23-18(22)16(11-13-5-3-2-4-6-13)20-17(21)12-24-15-9-7-14(19)8-10-15/h2-10,16H,11-12H2,1H3,(H,20,21)/t16-/m0/s1. The van der Waals surface area contributed by atoms with Crippen LogP contribution in [0.4, 0.5) is 0 Å². The van der Waals surface area contributed by atoms with Gasteiger partial charge in [-0.15, -0.1) is 0 Å². The van der Waals surface area contributed by atoms with Gasteiger partial charge in [0, 0.05) is 0 Å². The quantitative estimate of drug-likeness (QED) is 0.561. The van der Waals surface area contributed by atoms with Gasteiger partial charge >= 0.3 is 153 Å². The molecule has 6 heteroatoms. The molecule has 1 N–H and O–H groups in total. The summed E-state index contributed by atoms with van der Waals surface area (Å²) in [6.45, 7) is 0. The van der Waals surface area contributed by atoms with Gasteiger partial charge in [0.2, 0.25) is 0 Å². The summed E-state index contributed by atoms with van der Waals surface area (Å²) in [6, 6.07) is 16.3. The molecular formula is C18H18ClNO3Se. The molecule has 0 saturated heterocycles. The SMILES string of the molecule is COC(=O)[C@H](Cc1ccccc1)NC(=O)C[Se]c1ccc(Cl)cc1. The fraction of sp³-hybridized carbons (Fsp3) is 0.222. The van der Waals surface area contributed by atoms with Gasteiger partial charge < -0.3 is 0 Å². The zero-order valence-corrected chi connectivity index (χ0v) is 15.7. The van der Waals surface area contributed by atoms with Crippen LogP contribution in [0, 0.1) is 0 Å². The molecule has 126 valence electrons. The Labute approximate surface area is 152 Å². The van der Waals surface area contributed by atoms with Crippen molar-refractivity contribution in [1.82, 2.24) is 5.32 Å². The number of ether oxygens (including phenoxy) is 1. The second-order valence-corrected chi connectivity index (χ2v) is 7.71. The Morgan fingerprint density at radius 1 is 1.12 bits per heavy atom. The number of amides is 1. The monoisotopic (exact) mass is 411 g/mol. The van der Waals surface area contributed by atoms with Crippen LogP contribution in [0.5, 0.6) is 0 Å². The third kappa shape index (κ3) is 6.00. The summed E-state index contributed by atoms with van der Waals surface area (Å²) in [6.07, 6.45) is 0.410. The Balaban J connectivity index is 1.91. The second kappa shape index (κ2) is 9.48. The van der Waals surface area contributed by atoms with Gasteiger partial charge in [-0.1, -0.05) is 0 Å². The number of rotatable bonds is 7. The molecule has 0 aliphatic heterocycles. The Morgan fingerprint density at radius 2 is 1.79 bits per heavy atom. The van der Waals surface area contributed by atoms with E-state index in [1.54, 1.807) is 0 Å². The molecule has 0 aliphatic rings. The van der Waals surface area contributed by atoms with Crippen molar-refractivity contribution in [3.63, 3.8) is 0 Å². The van der Waals surface area contributed by atoms with E-state index in [4.69, 9.17) is 16.3 Å². The van der Waals surface area contributed by atoms with E-state index in [9.17, 15) is 9.59 Å². The number of nitrogens with one attached hydrogen (secondary N) is 1. The molecule has 2 aromatic carbocycles. The van der Waals surface area contributed by atoms with Crippen LogP contribution in [0.1, 0.15) is 5.56 Å². The van der Waals surface area contributed by atoms with E-state index < -0.39 is 12.0 Å². The summed E-state index contributed by atoms with van der Waals surface area (Å²) in [7, 11) is 1.32. The summed E-state index contributed by atoms with van der Waals surface area (Å²) in [5, 5.41) is 3.81. The third-order valence-corrected chi connectivity index (χ3v) is 5.66. The van der Waals surface area contributed by atoms with E-state index in [1.165, 1.54) is 7.11 Å². The van der Waals surface area contributed by atoms with Crippen molar-refractivity contribution >= 4 is 42.9 Å². The van der Waals surface area contributed by atoms with Crippen molar-refractivity contribution in [2.24, 2.45) is 0 Å². The summed E-state index contributed by atoms with van der Waals surface area (Å²) in [5.74, 6) is -0.595. The van der Waals surface area contributed by atoms with E-state index in [-0.39, 0.29) is 20.9 Å². The first-order chi connectivity index (χ1) is 11.6. The van der Waals surface area contributed by atoms with Crippen LogP contribution in [0.15, 0.2) is 54.6 Å². The van der Waals surface area contributed by atoms with Crippen LogP contribution in [0.3, 0.4) is 0 Å². The average molecular weight is 411 g/mol. The van der Waals surface area contributed by atoms with Crippen molar-refractivity contribution in [3.05, 3.63) is 65.2 Å². The normalized spacial score (nSPS) is 11.6. The first-order valence-electron chi connectivity index (χ1n) is 7.38. The first kappa shape index (κ1) is 18.5. The van der Waals surface area contributed by atoms with E-state index in [0.717, 1.165) is 10.0 Å². The number of carbonyl (C=O) groups is 2. The summed E-state index contributed by atoms with van der Waals surface area (Å²) in [4.78, 5) is 24.1. The Bertz CT molecular complexity index is 676. The van der Waals surface area contributed by atoms with Crippen LogP contribution < -0.4 is 9.78 Å². The zero-order chi connectivity index (χ0) is 17.4. The average Bonchev–Trinajstić information content (AvgIpc) is 2.61. The van der Waals surface area contributed by atoms with Crippen LogP contribution >= 0.6 is 11.6 Å². The van der Waals surface area contributed by atoms with Crippen molar-refractivity contribution in [3.8, 4) is 0 Å². The topological polar surface area (TPSA) is 55.4 Å². The Morgan fingerprint density at radius 3 is 2.42 bits per heavy atom. The van der Waals surface area contributed by atoms with Gasteiger partial charge in [-0.05, 0) is 0 Å². The van der Waals surface area contributed by atoms with Gasteiger partial charge in [0.15, 0.2) is 0 Å². The molecule has 0 saturated carbocycles. The van der Waals surface area contributed by atoms with Crippen molar-refractivity contribution in [2.75, 3.05) is 7.11 Å². The molecule has 0 unspecified atom stereocenters. The van der Waals surface area contributed by atoms with Gasteiger partial charge in [0.25, 0.3) is 0 Å². The van der Waals surface area contributed by atoms with Gasteiger partial charge in [0.1, 0.15) is 0 Å². The van der Waals surface area contributed by atoms with Crippen molar-refractivity contribution in [2.45, 2.75) is 17.8 Å². The predicted molar refractivity (Wildman–Crippen MR) is 95.7 cm³/mol. The second-order valence-electron chi connectivity index (χ2n) is 5.08. The molecule has 1 amide bonds. The van der Waals surface area contributed by atoms with Crippen molar-refractivity contribution in [1.29, 1.82) is 0 Å². The minimum absolute atomic E-state index is 0.0118. The number of carbonyl (C=O) groups excluding carboxylic acids is 2. The fourth-order valence-corrected chi connectivity index (χ4v) is 3.72. The van der Waals surface area contributed by atoms with E-state index in [0.29, 0.717) is 16.8 Å². The molecule has 2 aromatic rings. The maximum absolute atomic E-state index is 12.2. The molecule has 0 aliphatic carbocycles. The summed E-state index contributed by atoms with van der Waals surface area (Å²) < 4.78 is 5.88. The molecule has 0 radical (unpaired) electrons. The number of esters is 1. The van der Waals surface area contributed by atoms with E-state index in [1.807, 2.05) is 54.6 Å². The summed E-state index contributed by atoms with van der Waals surface area (Å²) in [5.41, 5.74) is 0.969. The molecule has 4 nitrogen and oxygen atoms in total. The maximum atomic E-state index is 12.2. The molecular weight excluding hydrogens is 393 g/mol. The molecule has 0 fully saturated rings. The molecule has 2 rings (SSSR count). The van der Waals surface area contributed by atoms with Gasteiger partial charge in [-0.2, -0.15) is 0 Å². The Hall–Kier alpha value is -1.81. The molecule has 0 aromatic heterocycles. The van der Waals surface area contributed by atoms with E-state index >= 15 is 0 Å². The van der Waals surface area contributed by atoms with Crippen LogP contribution in [-0.2, 0) is 20.7 Å². The first-order valence-corrected chi connectivity index (χ1v) is 9.82. The molecule has 24 heavy (non-hydrogen) atoms. The number of benzene rings is 2. The number of halogens is 1. The van der Waals surface area contributed by atoms with Crippen LogP contribution in [0.25, 0.3) is 0 Å². The van der Waals surface area contributed by atoms with Gasteiger partial charge in [-0.25, -0.2) is 0 Å². The zero-order valence-electron chi connectivity index (χ0n) is 13.2. The number of hydrogen-bond acceptors (Lipinski definition) is 3. The van der Waals surface area contributed by atoms with Crippen LogP contribution in [0.2, 0.25) is 10.3 Å². The van der Waals surface area contributed by atoms with Gasteiger partial charge in [-0.3, -0.25) is 0 Å². The number of hydrogen-bond donors (Lipinski definition) is 1. The third-order valence-electron chi connectivity index (χ3n) is 3.29. The van der Waals surface area contributed by atoms with Crippen molar-refractivity contribution < 1.29 is 14.3 Å². The molecule has 0 heterocycles. The molecule has 0 bridgehead atoms. The predicted octanol–water partition coefficient (Wildman–Crippen LogP) is 1.99. The molecule has 1 atom stereocenters. The van der Waals surface area contributed by atoms with Gasteiger partial charge in [0.05, 0.1) is 0 Å². The Kier molecular flexibility index (Phi) is 7.32. The minimum atomic E-state index is -0.675. The summed E-state index contributed by atoms with van der Waals surface area (Å²) >= 11 is 5.84. The molecule has 0 spiro atoms. The van der Waals surface area contributed by atoms with Crippen LogP contribution in [-0.4, -0.2) is 40.0 Å². The number of methoxy groups -OCH3 is 1. The van der Waals surface area contributed by atoms with E-state index in [2.05, 4.69) is 5.32 Å². The fourth-order valence-electron chi connectivity index (χ4n) is 2.10.